The Kier molecular flexibility index (Phi) is 2.96. The van der Waals surface area contributed by atoms with Crippen LogP contribution in [0.1, 0.15) is 16.1 Å². The van der Waals surface area contributed by atoms with Crippen molar-refractivity contribution >= 4 is 28.7 Å². The van der Waals surface area contributed by atoms with Crippen LogP contribution in [0.5, 0.6) is 0 Å². The van der Waals surface area contributed by atoms with E-state index in [0.717, 1.165) is 5.39 Å². The van der Waals surface area contributed by atoms with Gasteiger partial charge in [0, 0.05) is 16.7 Å². The number of fused-ring (bicyclic) bond motifs is 1. The molecule has 0 fully saturated rings. The molecule has 0 atom stereocenters. The maximum Gasteiger partial charge on any atom is 0.372 e. The number of aromatic nitrogens is 3. The van der Waals surface area contributed by atoms with E-state index < -0.39 is 5.97 Å². The van der Waals surface area contributed by atoms with Gasteiger partial charge in [0.2, 0.25) is 5.76 Å². The fraction of sp³-hybridized carbons (Fsp3) is 0.0833. The van der Waals surface area contributed by atoms with Gasteiger partial charge in [-0.15, -0.1) is 0 Å². The van der Waals surface area contributed by atoms with Crippen molar-refractivity contribution in [3.8, 4) is 0 Å². The molecule has 2 aromatic heterocycles. The molecule has 2 heterocycles. The van der Waals surface area contributed by atoms with Crippen molar-refractivity contribution in [3.05, 3.63) is 41.9 Å². The van der Waals surface area contributed by atoms with E-state index in [1.807, 2.05) is 18.2 Å². The minimum Gasteiger partial charge on any atom is -0.475 e. The van der Waals surface area contributed by atoms with Crippen LogP contribution in [0, 0.1) is 0 Å². The molecule has 0 saturated heterocycles. The number of aromatic amines is 1. The monoisotopic (exact) mass is 275 g/mol. The van der Waals surface area contributed by atoms with Crippen LogP contribution in [0.25, 0.3) is 11.0 Å². The minimum atomic E-state index is -1.07. The summed E-state index contributed by atoms with van der Waals surface area (Å²) in [5.74, 6) is -0.633. The number of nitrogens with one attached hydrogen (secondary N) is 1. The quantitative estimate of drug-likeness (QED) is 0.711. The average molecular weight is 275 g/mol. The molecule has 7 heteroatoms. The van der Waals surface area contributed by atoms with Gasteiger partial charge in [-0.2, -0.15) is 5.10 Å². The standard InChI is InChI=1S/C12H9N3O3S/c16-11(17)10-8(5-19-12-13-6-14-15-12)7-3-1-2-4-9(7)18-10/h1-4,6H,5H2,(H,16,17)(H,13,14,15). The summed E-state index contributed by atoms with van der Waals surface area (Å²) in [5.41, 5.74) is 1.23. The van der Waals surface area contributed by atoms with Gasteiger partial charge >= 0.3 is 5.97 Å². The number of benzene rings is 1. The highest BCUT2D eigenvalue weighted by Crippen LogP contribution is 2.30. The lowest BCUT2D eigenvalue weighted by molar-refractivity contribution is 0.0664. The SMILES string of the molecule is O=C(O)c1oc2ccccc2c1CSc1ncn[nH]1. The molecule has 6 nitrogen and oxygen atoms in total. The van der Waals surface area contributed by atoms with Crippen LogP contribution in [0.15, 0.2) is 40.2 Å². The number of rotatable bonds is 4. The number of H-pyrrole nitrogens is 1. The lowest BCUT2D eigenvalue weighted by atomic mass is 10.1. The van der Waals surface area contributed by atoms with E-state index in [-0.39, 0.29) is 5.76 Å². The minimum absolute atomic E-state index is 0.0202. The summed E-state index contributed by atoms with van der Waals surface area (Å²) in [5, 5.41) is 17.1. The lowest BCUT2D eigenvalue weighted by Gasteiger charge is -1.98. The Labute approximate surface area is 111 Å². The normalized spacial score (nSPS) is 10.9. The van der Waals surface area contributed by atoms with E-state index in [1.54, 1.807) is 6.07 Å². The van der Waals surface area contributed by atoms with E-state index in [0.29, 0.717) is 22.1 Å². The zero-order valence-electron chi connectivity index (χ0n) is 9.66. The Hall–Kier alpha value is -2.28. The van der Waals surface area contributed by atoms with E-state index in [4.69, 9.17) is 4.42 Å². The fourth-order valence-corrected chi connectivity index (χ4v) is 2.63. The number of carboxylic acid groups (broad SMARTS) is 1. The van der Waals surface area contributed by atoms with Crippen LogP contribution >= 0.6 is 11.8 Å². The summed E-state index contributed by atoms with van der Waals surface area (Å²) in [6, 6.07) is 7.27. The molecule has 0 radical (unpaired) electrons. The molecule has 3 rings (SSSR count). The second-order valence-electron chi connectivity index (χ2n) is 3.79. The molecule has 1 aromatic carbocycles. The van der Waals surface area contributed by atoms with Crippen LogP contribution in [0.3, 0.4) is 0 Å². The third-order valence-corrected chi connectivity index (χ3v) is 3.54. The van der Waals surface area contributed by atoms with Crippen molar-refractivity contribution in [2.24, 2.45) is 0 Å². The first-order valence-corrected chi connectivity index (χ1v) is 6.46. The molecule has 0 bridgehead atoms. The predicted octanol–water partition coefficient (Wildman–Crippen LogP) is 2.54. The number of carboxylic acids is 1. The van der Waals surface area contributed by atoms with Gasteiger partial charge in [-0.1, -0.05) is 30.0 Å². The number of hydrogen-bond acceptors (Lipinski definition) is 5. The highest BCUT2D eigenvalue weighted by atomic mass is 32.2. The van der Waals surface area contributed by atoms with Gasteiger partial charge in [-0.05, 0) is 6.07 Å². The first-order valence-electron chi connectivity index (χ1n) is 5.47. The summed E-state index contributed by atoms with van der Waals surface area (Å²) in [6.45, 7) is 0. The molecule has 0 amide bonds. The van der Waals surface area contributed by atoms with E-state index in [1.165, 1.54) is 18.1 Å². The molecule has 96 valence electrons. The Balaban J connectivity index is 2.00. The van der Waals surface area contributed by atoms with Crippen molar-refractivity contribution in [1.29, 1.82) is 0 Å². The Bertz CT molecular complexity index is 721. The zero-order valence-corrected chi connectivity index (χ0v) is 10.5. The highest BCUT2D eigenvalue weighted by Gasteiger charge is 2.19. The molecule has 0 aliphatic carbocycles. The molecule has 0 saturated carbocycles. The molecule has 0 aliphatic rings. The molecular formula is C12H9N3O3S. The smallest absolute Gasteiger partial charge is 0.372 e. The molecule has 3 aromatic rings. The number of hydrogen-bond donors (Lipinski definition) is 2. The number of para-hydroxylation sites is 1. The first kappa shape index (κ1) is 11.8. The highest BCUT2D eigenvalue weighted by molar-refractivity contribution is 7.98. The van der Waals surface area contributed by atoms with Crippen LogP contribution in [-0.2, 0) is 5.75 Å². The number of carbonyl (C=O) groups is 1. The van der Waals surface area contributed by atoms with Gasteiger partial charge in [-0.3, -0.25) is 5.10 Å². The summed E-state index contributed by atoms with van der Waals surface area (Å²) in [4.78, 5) is 15.2. The summed E-state index contributed by atoms with van der Waals surface area (Å²) >= 11 is 1.38. The summed E-state index contributed by atoms with van der Waals surface area (Å²) < 4.78 is 5.37. The van der Waals surface area contributed by atoms with E-state index in [2.05, 4.69) is 15.2 Å². The molecular weight excluding hydrogens is 266 g/mol. The molecule has 19 heavy (non-hydrogen) atoms. The first-order chi connectivity index (χ1) is 9.25. The van der Waals surface area contributed by atoms with Gasteiger partial charge in [-0.25, -0.2) is 9.78 Å². The molecule has 2 N–H and O–H groups in total. The van der Waals surface area contributed by atoms with Crippen LogP contribution in [0.2, 0.25) is 0 Å². The van der Waals surface area contributed by atoms with E-state index in [9.17, 15) is 9.90 Å². The summed E-state index contributed by atoms with van der Waals surface area (Å²) in [6.07, 6.45) is 1.41. The second kappa shape index (κ2) is 4.77. The number of thioether (sulfide) groups is 1. The van der Waals surface area contributed by atoms with Gasteiger partial charge in [0.15, 0.2) is 5.16 Å². The largest absolute Gasteiger partial charge is 0.475 e. The fourth-order valence-electron chi connectivity index (χ4n) is 1.82. The van der Waals surface area contributed by atoms with Crippen molar-refractivity contribution in [2.75, 3.05) is 0 Å². The van der Waals surface area contributed by atoms with Gasteiger partial charge in [0.25, 0.3) is 0 Å². The van der Waals surface area contributed by atoms with Crippen LogP contribution in [0.4, 0.5) is 0 Å². The Morgan fingerprint density at radius 1 is 1.42 bits per heavy atom. The second-order valence-corrected chi connectivity index (χ2v) is 4.75. The number of nitrogens with zero attached hydrogens (tertiary/aromatic N) is 2. The van der Waals surface area contributed by atoms with Gasteiger partial charge in [0.1, 0.15) is 11.9 Å². The molecule has 0 spiro atoms. The zero-order chi connectivity index (χ0) is 13.2. The Morgan fingerprint density at radius 2 is 2.26 bits per heavy atom. The summed E-state index contributed by atoms with van der Waals surface area (Å²) in [7, 11) is 0. The third kappa shape index (κ3) is 2.19. The number of furan rings is 1. The molecule has 0 aliphatic heterocycles. The van der Waals surface area contributed by atoms with Gasteiger partial charge < -0.3 is 9.52 Å². The van der Waals surface area contributed by atoms with Crippen molar-refractivity contribution in [3.63, 3.8) is 0 Å². The lowest BCUT2D eigenvalue weighted by Crippen LogP contribution is -1.98. The maximum atomic E-state index is 11.2. The Morgan fingerprint density at radius 3 is 3.00 bits per heavy atom. The van der Waals surface area contributed by atoms with Crippen molar-refractivity contribution in [1.82, 2.24) is 15.2 Å². The van der Waals surface area contributed by atoms with E-state index >= 15 is 0 Å². The van der Waals surface area contributed by atoms with Crippen LogP contribution in [-0.4, -0.2) is 26.3 Å². The van der Waals surface area contributed by atoms with Crippen LogP contribution < -0.4 is 0 Å². The third-order valence-electron chi connectivity index (χ3n) is 2.64. The molecule has 0 unspecified atom stereocenters. The maximum absolute atomic E-state index is 11.2. The van der Waals surface area contributed by atoms with Gasteiger partial charge in [0.05, 0.1) is 0 Å². The van der Waals surface area contributed by atoms with Crippen molar-refractivity contribution in [2.45, 2.75) is 10.9 Å². The number of aromatic carboxylic acids is 1. The average Bonchev–Trinajstić information content (AvgIpc) is 3.03. The topological polar surface area (TPSA) is 92.0 Å². The van der Waals surface area contributed by atoms with Crippen molar-refractivity contribution < 1.29 is 14.3 Å². The predicted molar refractivity (Wildman–Crippen MR) is 69.1 cm³/mol.